The molecule has 0 saturated heterocycles. The molecule has 0 nitrogen and oxygen atoms in total. The number of hydrogen-bond acceptors (Lipinski definition) is 0. The van der Waals surface area contributed by atoms with E-state index < -0.39 is 17.6 Å². The fourth-order valence-electron chi connectivity index (χ4n) is 4.81. The van der Waals surface area contributed by atoms with Crippen molar-refractivity contribution < 1.29 is 17.6 Å². The quantitative estimate of drug-likeness (QED) is 0.546. The molecule has 1 atom stereocenters. The van der Waals surface area contributed by atoms with Gasteiger partial charge in [-0.15, -0.1) is 0 Å². The van der Waals surface area contributed by atoms with Gasteiger partial charge in [0.05, 0.1) is 5.56 Å². The van der Waals surface area contributed by atoms with Gasteiger partial charge < -0.3 is 0 Å². The maximum Gasteiger partial charge on any atom is 0.419 e. The van der Waals surface area contributed by atoms with Gasteiger partial charge in [-0.05, 0) is 67.1 Å². The lowest BCUT2D eigenvalue weighted by atomic mass is 9.69. The predicted octanol–water partition coefficient (Wildman–Crippen LogP) is 6.56. The molecule has 1 fully saturated rings. The number of hydrogen-bond donors (Lipinski definition) is 0. The highest BCUT2D eigenvalue weighted by Crippen LogP contribution is 2.42. The number of alkyl halides is 3. The Morgan fingerprint density at radius 2 is 1.71 bits per heavy atom. The lowest BCUT2D eigenvalue weighted by molar-refractivity contribution is -0.140. The summed E-state index contributed by atoms with van der Waals surface area (Å²) in [6.07, 6.45) is 4.99. The molecule has 0 heterocycles. The SMILES string of the molecule is CCCC1CCC(C2CCc3c(ccc(C(F)(F)F)c3F)C2)CC1. The van der Waals surface area contributed by atoms with Crippen molar-refractivity contribution in [2.75, 3.05) is 0 Å². The van der Waals surface area contributed by atoms with E-state index in [4.69, 9.17) is 0 Å². The summed E-state index contributed by atoms with van der Waals surface area (Å²) in [7, 11) is 0. The van der Waals surface area contributed by atoms with Gasteiger partial charge in [0.1, 0.15) is 5.82 Å². The Morgan fingerprint density at radius 1 is 1.00 bits per heavy atom. The Hall–Kier alpha value is -1.06. The topological polar surface area (TPSA) is 0 Å². The van der Waals surface area contributed by atoms with E-state index in [1.54, 1.807) is 0 Å². The fourth-order valence-corrected chi connectivity index (χ4v) is 4.81. The predicted molar refractivity (Wildman–Crippen MR) is 87.3 cm³/mol. The molecular formula is C20H26F4. The summed E-state index contributed by atoms with van der Waals surface area (Å²) < 4.78 is 52.8. The molecule has 0 N–H and O–H groups in total. The largest absolute Gasteiger partial charge is 0.419 e. The number of fused-ring (bicyclic) bond motifs is 1. The van der Waals surface area contributed by atoms with Gasteiger partial charge in [0, 0.05) is 0 Å². The minimum atomic E-state index is -4.60. The summed E-state index contributed by atoms with van der Waals surface area (Å²) in [4.78, 5) is 0. The van der Waals surface area contributed by atoms with Crippen LogP contribution in [0.4, 0.5) is 17.6 Å². The first-order chi connectivity index (χ1) is 11.4. The van der Waals surface area contributed by atoms with Gasteiger partial charge in [-0.1, -0.05) is 38.7 Å². The second kappa shape index (κ2) is 7.05. The molecule has 1 saturated carbocycles. The first kappa shape index (κ1) is 17.8. The molecule has 4 heteroatoms. The van der Waals surface area contributed by atoms with E-state index >= 15 is 0 Å². The van der Waals surface area contributed by atoms with Gasteiger partial charge in [0.25, 0.3) is 0 Å². The highest BCUT2D eigenvalue weighted by atomic mass is 19.4. The van der Waals surface area contributed by atoms with Crippen molar-refractivity contribution in [1.82, 2.24) is 0 Å². The summed E-state index contributed by atoms with van der Waals surface area (Å²) in [5, 5.41) is 0. The van der Waals surface area contributed by atoms with Gasteiger partial charge in [0.15, 0.2) is 0 Å². The summed E-state index contributed by atoms with van der Waals surface area (Å²) in [5.41, 5.74) is -0.00653. The number of benzene rings is 1. The van der Waals surface area contributed by atoms with Crippen LogP contribution in [0.5, 0.6) is 0 Å². The molecule has 3 rings (SSSR count). The van der Waals surface area contributed by atoms with Crippen molar-refractivity contribution in [3.8, 4) is 0 Å². The van der Waals surface area contributed by atoms with Crippen LogP contribution in [0.2, 0.25) is 0 Å². The van der Waals surface area contributed by atoms with Gasteiger partial charge >= 0.3 is 6.18 Å². The fraction of sp³-hybridized carbons (Fsp3) is 0.700. The maximum absolute atomic E-state index is 14.2. The van der Waals surface area contributed by atoms with Crippen LogP contribution in [0.15, 0.2) is 12.1 Å². The molecule has 0 aromatic heterocycles. The van der Waals surface area contributed by atoms with Crippen LogP contribution < -0.4 is 0 Å². The monoisotopic (exact) mass is 342 g/mol. The lowest BCUT2D eigenvalue weighted by Gasteiger charge is -2.36. The van der Waals surface area contributed by atoms with Crippen LogP contribution in [-0.2, 0) is 19.0 Å². The molecule has 0 bridgehead atoms. The molecule has 0 radical (unpaired) electrons. The van der Waals surface area contributed by atoms with E-state index in [-0.39, 0.29) is 0 Å². The molecule has 0 spiro atoms. The average Bonchev–Trinajstić information content (AvgIpc) is 2.54. The second-order valence-electron chi connectivity index (χ2n) is 7.63. The molecule has 24 heavy (non-hydrogen) atoms. The van der Waals surface area contributed by atoms with Crippen molar-refractivity contribution in [2.24, 2.45) is 17.8 Å². The zero-order chi connectivity index (χ0) is 17.3. The highest BCUT2D eigenvalue weighted by Gasteiger charge is 2.37. The van der Waals surface area contributed by atoms with Crippen LogP contribution in [0.25, 0.3) is 0 Å². The molecule has 134 valence electrons. The molecule has 1 aromatic carbocycles. The molecule has 1 unspecified atom stereocenters. The summed E-state index contributed by atoms with van der Waals surface area (Å²) in [6.45, 7) is 2.23. The van der Waals surface area contributed by atoms with Crippen molar-refractivity contribution in [3.63, 3.8) is 0 Å². The van der Waals surface area contributed by atoms with Crippen molar-refractivity contribution in [1.29, 1.82) is 0 Å². The van der Waals surface area contributed by atoms with E-state index in [2.05, 4.69) is 6.92 Å². The Labute approximate surface area is 141 Å². The first-order valence-corrected chi connectivity index (χ1v) is 9.27. The third-order valence-corrected chi connectivity index (χ3v) is 6.15. The third kappa shape index (κ3) is 3.62. The van der Waals surface area contributed by atoms with Crippen molar-refractivity contribution in [2.45, 2.75) is 70.9 Å². The normalized spacial score (nSPS) is 27.8. The van der Waals surface area contributed by atoms with Gasteiger partial charge in [-0.3, -0.25) is 0 Å². The zero-order valence-corrected chi connectivity index (χ0v) is 14.3. The number of rotatable bonds is 3. The van der Waals surface area contributed by atoms with E-state index in [1.807, 2.05) is 0 Å². The summed E-state index contributed by atoms with van der Waals surface area (Å²) in [6, 6.07) is 2.44. The third-order valence-electron chi connectivity index (χ3n) is 6.15. The van der Waals surface area contributed by atoms with Crippen LogP contribution in [-0.4, -0.2) is 0 Å². The van der Waals surface area contributed by atoms with E-state index in [9.17, 15) is 17.6 Å². The minimum Gasteiger partial charge on any atom is -0.206 e. The lowest BCUT2D eigenvalue weighted by Crippen LogP contribution is -2.27. The Bertz CT molecular complexity index is 568. The highest BCUT2D eigenvalue weighted by molar-refractivity contribution is 5.37. The smallest absolute Gasteiger partial charge is 0.206 e. The first-order valence-electron chi connectivity index (χ1n) is 9.27. The maximum atomic E-state index is 14.2. The standard InChI is InChI=1S/C20H26F4/c1-2-3-13-4-6-14(7-5-13)15-8-10-17-16(12-15)9-11-18(19(17)21)20(22,23)24/h9,11,13-15H,2-8,10,12H2,1H3. The van der Waals surface area contributed by atoms with Crippen molar-refractivity contribution in [3.05, 3.63) is 34.6 Å². The average molecular weight is 342 g/mol. The molecule has 0 aliphatic heterocycles. The van der Waals surface area contributed by atoms with Gasteiger partial charge in [0.2, 0.25) is 0 Å². The molecule has 2 aliphatic carbocycles. The van der Waals surface area contributed by atoms with Crippen LogP contribution in [0.3, 0.4) is 0 Å². The Morgan fingerprint density at radius 3 is 2.33 bits per heavy atom. The zero-order valence-electron chi connectivity index (χ0n) is 14.3. The molecule has 1 aromatic rings. The second-order valence-corrected chi connectivity index (χ2v) is 7.63. The van der Waals surface area contributed by atoms with Crippen LogP contribution in [0.1, 0.15) is 68.6 Å². The van der Waals surface area contributed by atoms with Crippen LogP contribution in [0, 0.1) is 23.6 Å². The van der Waals surface area contributed by atoms with Crippen molar-refractivity contribution >= 4 is 0 Å². The number of halogens is 4. The van der Waals surface area contributed by atoms with E-state index in [0.717, 1.165) is 30.4 Å². The van der Waals surface area contributed by atoms with Gasteiger partial charge in [-0.2, -0.15) is 13.2 Å². The van der Waals surface area contributed by atoms with Gasteiger partial charge in [-0.25, -0.2) is 4.39 Å². The molecular weight excluding hydrogens is 316 g/mol. The summed E-state index contributed by atoms with van der Waals surface area (Å²) in [5.74, 6) is 0.992. The Kier molecular flexibility index (Phi) is 5.22. The van der Waals surface area contributed by atoms with E-state index in [0.29, 0.717) is 23.8 Å². The van der Waals surface area contributed by atoms with Crippen LogP contribution >= 0.6 is 0 Å². The summed E-state index contributed by atoms with van der Waals surface area (Å²) >= 11 is 0. The molecule has 0 amide bonds. The van der Waals surface area contributed by atoms with E-state index in [1.165, 1.54) is 44.6 Å². The minimum absolute atomic E-state index is 0.306. The Balaban J connectivity index is 1.69. The molecule has 2 aliphatic rings.